The summed E-state index contributed by atoms with van der Waals surface area (Å²) in [5.74, 6) is 0. The Morgan fingerprint density at radius 3 is 2.07 bits per heavy atom. The van der Waals surface area contributed by atoms with E-state index in [2.05, 4.69) is 17.0 Å². The van der Waals surface area contributed by atoms with Crippen molar-refractivity contribution in [2.45, 2.75) is 24.2 Å². The zero-order valence-corrected chi connectivity index (χ0v) is 17.6. The van der Waals surface area contributed by atoms with E-state index in [0.29, 0.717) is 31.9 Å². The number of piperidine rings is 1. The molecule has 2 heterocycles. The molecule has 0 spiro atoms. The van der Waals surface area contributed by atoms with Gasteiger partial charge in [0.25, 0.3) is 5.69 Å². The number of nitro benzene ring substituents is 1. The highest BCUT2D eigenvalue weighted by Gasteiger charge is 2.30. The fraction of sp³-hybridized carbons (Fsp3) is 0.429. The number of para-hydroxylation sites is 1. The average molecular weight is 431 g/mol. The normalized spacial score (nSPS) is 18.4. The highest BCUT2D eigenvalue weighted by molar-refractivity contribution is 7.89. The van der Waals surface area contributed by atoms with Crippen molar-refractivity contribution in [3.8, 4) is 0 Å². The van der Waals surface area contributed by atoms with E-state index in [9.17, 15) is 18.5 Å². The van der Waals surface area contributed by atoms with Crippen LogP contribution in [0.3, 0.4) is 0 Å². The molecular formula is C21H26N4O4S. The van der Waals surface area contributed by atoms with Crippen LogP contribution in [-0.2, 0) is 10.0 Å². The summed E-state index contributed by atoms with van der Waals surface area (Å²) in [6.45, 7) is 3.70. The van der Waals surface area contributed by atoms with Crippen molar-refractivity contribution in [1.29, 1.82) is 0 Å². The maximum atomic E-state index is 12.9. The van der Waals surface area contributed by atoms with Gasteiger partial charge in [-0.25, -0.2) is 8.42 Å². The van der Waals surface area contributed by atoms with Crippen molar-refractivity contribution in [3.63, 3.8) is 0 Å². The summed E-state index contributed by atoms with van der Waals surface area (Å²) in [6.07, 6.45) is 2.66. The topological polar surface area (TPSA) is 87.0 Å². The Kier molecular flexibility index (Phi) is 5.92. The monoisotopic (exact) mass is 430 g/mol. The molecule has 2 aromatic carbocycles. The largest absolute Gasteiger partial charge is 0.368 e. The fourth-order valence-corrected chi connectivity index (χ4v) is 5.71. The first-order chi connectivity index (χ1) is 14.5. The van der Waals surface area contributed by atoms with Crippen molar-refractivity contribution in [1.82, 2.24) is 4.31 Å². The second-order valence-electron chi connectivity index (χ2n) is 7.68. The number of rotatable bonds is 5. The molecule has 0 aromatic heterocycles. The number of sulfonamides is 1. The molecule has 8 nitrogen and oxygen atoms in total. The van der Waals surface area contributed by atoms with E-state index in [0.717, 1.165) is 38.0 Å². The molecule has 2 aliphatic rings. The minimum Gasteiger partial charge on any atom is -0.368 e. The summed E-state index contributed by atoms with van der Waals surface area (Å²) in [6, 6.07) is 14.4. The third-order valence-electron chi connectivity index (χ3n) is 5.84. The van der Waals surface area contributed by atoms with Crippen LogP contribution in [0.1, 0.15) is 19.3 Å². The molecule has 2 fully saturated rings. The Bertz CT molecular complexity index is 999. The Labute approximate surface area is 176 Å². The lowest BCUT2D eigenvalue weighted by Crippen LogP contribution is -2.46. The van der Waals surface area contributed by atoms with Gasteiger partial charge < -0.3 is 9.80 Å². The van der Waals surface area contributed by atoms with Gasteiger partial charge in [0, 0.05) is 51.0 Å². The SMILES string of the molecule is O=[N+]([O-])c1cc(S(=O)(=O)N2CCCCC2)ccc1N1CCN(c2ccccc2)CC1. The average Bonchev–Trinajstić information content (AvgIpc) is 2.80. The van der Waals surface area contributed by atoms with E-state index < -0.39 is 14.9 Å². The van der Waals surface area contributed by atoms with Crippen LogP contribution in [0.25, 0.3) is 0 Å². The van der Waals surface area contributed by atoms with Gasteiger partial charge in [-0.15, -0.1) is 0 Å². The highest BCUT2D eigenvalue weighted by Crippen LogP contribution is 2.33. The number of piperazine rings is 1. The number of hydrogen-bond donors (Lipinski definition) is 0. The molecule has 0 bridgehead atoms. The van der Waals surface area contributed by atoms with Gasteiger partial charge in [-0.3, -0.25) is 10.1 Å². The molecule has 0 N–H and O–H groups in total. The van der Waals surface area contributed by atoms with E-state index >= 15 is 0 Å². The van der Waals surface area contributed by atoms with Gasteiger partial charge >= 0.3 is 0 Å². The molecule has 0 saturated carbocycles. The predicted octanol–water partition coefficient (Wildman–Crippen LogP) is 3.10. The molecule has 160 valence electrons. The first-order valence-corrected chi connectivity index (χ1v) is 11.7. The van der Waals surface area contributed by atoms with E-state index in [1.54, 1.807) is 6.07 Å². The molecule has 2 saturated heterocycles. The Morgan fingerprint density at radius 1 is 0.800 bits per heavy atom. The van der Waals surface area contributed by atoms with Gasteiger partial charge in [0.15, 0.2) is 0 Å². The van der Waals surface area contributed by atoms with Crippen LogP contribution >= 0.6 is 0 Å². The molecule has 0 unspecified atom stereocenters. The van der Waals surface area contributed by atoms with Crippen LogP contribution in [0.4, 0.5) is 17.1 Å². The van der Waals surface area contributed by atoms with Crippen LogP contribution in [0.2, 0.25) is 0 Å². The smallest absolute Gasteiger partial charge is 0.293 e. The molecule has 2 aromatic rings. The van der Waals surface area contributed by atoms with E-state index in [4.69, 9.17) is 0 Å². The molecule has 4 rings (SSSR count). The minimum absolute atomic E-state index is 0.00257. The van der Waals surface area contributed by atoms with Gasteiger partial charge in [-0.2, -0.15) is 4.31 Å². The lowest BCUT2D eigenvalue weighted by atomic mass is 10.2. The molecule has 0 amide bonds. The Morgan fingerprint density at radius 2 is 1.43 bits per heavy atom. The van der Waals surface area contributed by atoms with Crippen molar-refractivity contribution in [3.05, 3.63) is 58.6 Å². The Hall–Kier alpha value is -2.65. The third-order valence-corrected chi connectivity index (χ3v) is 7.73. The zero-order valence-electron chi connectivity index (χ0n) is 16.8. The van der Waals surface area contributed by atoms with Crippen molar-refractivity contribution >= 4 is 27.1 Å². The third kappa shape index (κ3) is 4.13. The van der Waals surface area contributed by atoms with Gasteiger partial charge in [-0.1, -0.05) is 24.6 Å². The molecule has 0 radical (unpaired) electrons. The van der Waals surface area contributed by atoms with Crippen molar-refractivity contribution < 1.29 is 13.3 Å². The maximum Gasteiger partial charge on any atom is 0.293 e. The predicted molar refractivity (Wildman–Crippen MR) is 117 cm³/mol. The van der Waals surface area contributed by atoms with Crippen molar-refractivity contribution in [2.75, 3.05) is 49.1 Å². The molecule has 30 heavy (non-hydrogen) atoms. The van der Waals surface area contributed by atoms with Crippen LogP contribution in [0.15, 0.2) is 53.4 Å². The quantitative estimate of drug-likeness (QED) is 0.535. The second-order valence-corrected chi connectivity index (χ2v) is 9.62. The van der Waals surface area contributed by atoms with E-state index in [-0.39, 0.29) is 10.6 Å². The van der Waals surface area contributed by atoms with Gasteiger partial charge in [0.1, 0.15) is 5.69 Å². The second kappa shape index (κ2) is 8.61. The van der Waals surface area contributed by atoms with Crippen LogP contribution in [0, 0.1) is 10.1 Å². The molecule has 0 atom stereocenters. The first-order valence-electron chi connectivity index (χ1n) is 10.3. The minimum atomic E-state index is -3.71. The lowest BCUT2D eigenvalue weighted by Gasteiger charge is -2.37. The number of nitrogens with zero attached hydrogens (tertiary/aromatic N) is 4. The van der Waals surface area contributed by atoms with Crippen LogP contribution < -0.4 is 9.80 Å². The summed E-state index contributed by atoms with van der Waals surface area (Å²) in [7, 11) is -3.71. The van der Waals surface area contributed by atoms with E-state index in [1.165, 1.54) is 16.4 Å². The lowest BCUT2D eigenvalue weighted by molar-refractivity contribution is -0.384. The number of anilines is 2. The summed E-state index contributed by atoms with van der Waals surface area (Å²) in [4.78, 5) is 15.5. The fourth-order valence-electron chi connectivity index (χ4n) is 4.18. The number of hydrogen-bond acceptors (Lipinski definition) is 6. The molecule has 0 aliphatic carbocycles. The van der Waals surface area contributed by atoms with Gasteiger partial charge in [-0.05, 0) is 37.1 Å². The highest BCUT2D eigenvalue weighted by atomic mass is 32.2. The van der Waals surface area contributed by atoms with Crippen LogP contribution in [0.5, 0.6) is 0 Å². The molecular weight excluding hydrogens is 404 g/mol. The summed E-state index contributed by atoms with van der Waals surface area (Å²) < 4.78 is 27.3. The van der Waals surface area contributed by atoms with Crippen LogP contribution in [-0.4, -0.2) is 56.9 Å². The summed E-state index contributed by atoms with van der Waals surface area (Å²) in [5.41, 5.74) is 1.46. The zero-order chi connectivity index (χ0) is 21.1. The maximum absolute atomic E-state index is 12.9. The van der Waals surface area contributed by atoms with Gasteiger partial charge in [0.05, 0.1) is 9.82 Å². The van der Waals surface area contributed by atoms with E-state index in [1.807, 2.05) is 23.1 Å². The molecule has 2 aliphatic heterocycles. The van der Waals surface area contributed by atoms with Gasteiger partial charge in [0.2, 0.25) is 10.0 Å². The number of nitro groups is 1. The summed E-state index contributed by atoms with van der Waals surface area (Å²) >= 11 is 0. The Balaban J connectivity index is 1.55. The molecule has 9 heteroatoms. The summed E-state index contributed by atoms with van der Waals surface area (Å²) in [5, 5.41) is 11.8. The standard InChI is InChI=1S/C21H26N4O4S/c26-25(27)21-17-19(30(28,29)24-11-5-2-6-12-24)9-10-20(21)23-15-13-22(14-16-23)18-7-3-1-4-8-18/h1,3-4,7-10,17H,2,5-6,11-16H2. The first kappa shape index (κ1) is 20.6. The van der Waals surface area contributed by atoms with Crippen molar-refractivity contribution in [2.24, 2.45) is 0 Å². The number of benzene rings is 2.